The Morgan fingerprint density at radius 2 is 2.21 bits per heavy atom. The average molecular weight is 261 g/mol. The summed E-state index contributed by atoms with van der Waals surface area (Å²) in [6.07, 6.45) is 4.29. The fourth-order valence-electron chi connectivity index (χ4n) is 1.86. The molecule has 0 fully saturated rings. The molecule has 2 heterocycles. The second kappa shape index (κ2) is 5.64. The predicted molar refractivity (Wildman–Crippen MR) is 73.5 cm³/mol. The second-order valence-electron chi connectivity index (χ2n) is 4.47. The zero-order chi connectivity index (χ0) is 13.8. The van der Waals surface area contributed by atoms with Gasteiger partial charge in [0.15, 0.2) is 0 Å². The second-order valence-corrected chi connectivity index (χ2v) is 4.47. The van der Waals surface area contributed by atoms with Crippen molar-refractivity contribution in [3.05, 3.63) is 23.9 Å². The van der Waals surface area contributed by atoms with Gasteiger partial charge in [-0.2, -0.15) is 10.1 Å². The molecule has 102 valence electrons. The Morgan fingerprint density at radius 3 is 2.95 bits per heavy atom. The molecule has 19 heavy (non-hydrogen) atoms. The summed E-state index contributed by atoms with van der Waals surface area (Å²) in [5.41, 5.74) is 6.55. The Kier molecular flexibility index (Phi) is 3.94. The van der Waals surface area contributed by atoms with Gasteiger partial charge in [-0.15, -0.1) is 0 Å². The molecule has 1 atom stereocenters. The van der Waals surface area contributed by atoms with E-state index >= 15 is 0 Å². The SMILES string of the molecule is CCCn1ncnc1[C@H](C)Nc1nc(N)ncc1C. The van der Waals surface area contributed by atoms with E-state index in [2.05, 4.69) is 32.3 Å². The summed E-state index contributed by atoms with van der Waals surface area (Å²) in [7, 11) is 0. The molecule has 3 N–H and O–H groups in total. The van der Waals surface area contributed by atoms with E-state index in [9.17, 15) is 0 Å². The first-order valence-electron chi connectivity index (χ1n) is 6.35. The normalized spacial score (nSPS) is 12.4. The summed E-state index contributed by atoms with van der Waals surface area (Å²) in [5, 5.41) is 7.51. The number of anilines is 2. The molecule has 7 nitrogen and oxygen atoms in total. The van der Waals surface area contributed by atoms with Crippen molar-refractivity contribution in [3.63, 3.8) is 0 Å². The molecule has 2 rings (SSSR count). The Bertz CT molecular complexity index is 549. The van der Waals surface area contributed by atoms with Crippen molar-refractivity contribution >= 4 is 11.8 Å². The lowest BCUT2D eigenvalue weighted by Crippen LogP contribution is -2.16. The highest BCUT2D eigenvalue weighted by molar-refractivity contribution is 5.46. The van der Waals surface area contributed by atoms with E-state index in [0.29, 0.717) is 0 Å². The third-order valence-electron chi connectivity index (χ3n) is 2.81. The first-order valence-corrected chi connectivity index (χ1v) is 6.35. The molecule has 0 saturated carbocycles. The smallest absolute Gasteiger partial charge is 0.221 e. The van der Waals surface area contributed by atoms with Gasteiger partial charge in [-0.1, -0.05) is 6.92 Å². The molecule has 0 bridgehead atoms. The Morgan fingerprint density at radius 1 is 1.42 bits per heavy atom. The maximum atomic E-state index is 5.60. The topological polar surface area (TPSA) is 94.5 Å². The fourth-order valence-corrected chi connectivity index (χ4v) is 1.86. The first-order chi connectivity index (χ1) is 9.11. The van der Waals surface area contributed by atoms with Gasteiger partial charge in [0.2, 0.25) is 5.95 Å². The molecule has 2 aromatic heterocycles. The maximum absolute atomic E-state index is 5.60. The zero-order valence-electron chi connectivity index (χ0n) is 11.5. The standard InChI is InChI=1S/C12H19N7/c1-4-5-19-11(15-7-16-19)9(3)17-10-8(2)6-14-12(13)18-10/h6-7,9H,4-5H2,1-3H3,(H3,13,14,17,18)/t9-/m0/s1. The molecule has 0 spiro atoms. The van der Waals surface area contributed by atoms with Gasteiger partial charge in [-0.05, 0) is 20.3 Å². The third kappa shape index (κ3) is 2.98. The Balaban J connectivity index is 2.18. The maximum Gasteiger partial charge on any atom is 0.221 e. The van der Waals surface area contributed by atoms with Crippen LogP contribution in [0.15, 0.2) is 12.5 Å². The minimum atomic E-state index is 0.00190. The zero-order valence-corrected chi connectivity index (χ0v) is 11.5. The number of nitrogens with one attached hydrogen (secondary N) is 1. The van der Waals surface area contributed by atoms with Crippen LogP contribution in [0.25, 0.3) is 0 Å². The number of nitrogen functional groups attached to an aromatic ring is 1. The largest absolute Gasteiger partial charge is 0.368 e. The van der Waals surface area contributed by atoms with Crippen molar-refractivity contribution in [1.82, 2.24) is 24.7 Å². The van der Waals surface area contributed by atoms with Crippen LogP contribution in [0.1, 0.15) is 37.7 Å². The van der Waals surface area contributed by atoms with E-state index in [1.807, 2.05) is 18.5 Å². The average Bonchev–Trinajstić information content (AvgIpc) is 2.82. The monoisotopic (exact) mass is 261 g/mol. The number of aryl methyl sites for hydroxylation is 2. The van der Waals surface area contributed by atoms with Crippen LogP contribution in [0.5, 0.6) is 0 Å². The van der Waals surface area contributed by atoms with Crippen molar-refractivity contribution in [2.45, 2.75) is 39.8 Å². The van der Waals surface area contributed by atoms with Gasteiger partial charge in [-0.25, -0.2) is 14.6 Å². The quantitative estimate of drug-likeness (QED) is 0.847. The summed E-state index contributed by atoms with van der Waals surface area (Å²) < 4.78 is 1.90. The highest BCUT2D eigenvalue weighted by Crippen LogP contribution is 2.19. The van der Waals surface area contributed by atoms with Crippen LogP contribution in [0.4, 0.5) is 11.8 Å². The van der Waals surface area contributed by atoms with Crippen LogP contribution in [0.2, 0.25) is 0 Å². The molecule has 2 aromatic rings. The van der Waals surface area contributed by atoms with Crippen molar-refractivity contribution in [3.8, 4) is 0 Å². The summed E-state index contributed by atoms with van der Waals surface area (Å²) in [6.45, 7) is 6.92. The molecular formula is C12H19N7. The van der Waals surface area contributed by atoms with Crippen molar-refractivity contribution in [2.75, 3.05) is 11.1 Å². The molecule has 0 amide bonds. The molecule has 0 aromatic carbocycles. The fraction of sp³-hybridized carbons (Fsp3) is 0.500. The molecule has 0 aliphatic heterocycles. The number of hydrogen-bond acceptors (Lipinski definition) is 6. The molecule has 0 saturated heterocycles. The van der Waals surface area contributed by atoms with Crippen LogP contribution >= 0.6 is 0 Å². The Labute approximate surface area is 112 Å². The van der Waals surface area contributed by atoms with E-state index in [1.54, 1.807) is 12.5 Å². The Hall–Kier alpha value is -2.18. The number of rotatable bonds is 5. The molecule has 0 aliphatic rings. The van der Waals surface area contributed by atoms with Gasteiger partial charge in [0.05, 0.1) is 6.04 Å². The first kappa shape index (κ1) is 13.3. The van der Waals surface area contributed by atoms with E-state index in [1.165, 1.54) is 0 Å². The highest BCUT2D eigenvalue weighted by Gasteiger charge is 2.14. The molecule has 0 unspecified atom stereocenters. The van der Waals surface area contributed by atoms with Crippen LogP contribution < -0.4 is 11.1 Å². The molecule has 7 heteroatoms. The summed E-state index contributed by atoms with van der Waals surface area (Å²) >= 11 is 0. The van der Waals surface area contributed by atoms with Gasteiger partial charge in [-0.3, -0.25) is 0 Å². The van der Waals surface area contributed by atoms with Gasteiger partial charge >= 0.3 is 0 Å². The molecule has 0 radical (unpaired) electrons. The lowest BCUT2D eigenvalue weighted by Gasteiger charge is -2.16. The number of aromatic nitrogens is 5. The highest BCUT2D eigenvalue weighted by atomic mass is 15.3. The van der Waals surface area contributed by atoms with E-state index in [4.69, 9.17) is 5.73 Å². The van der Waals surface area contributed by atoms with Crippen LogP contribution in [0.3, 0.4) is 0 Å². The van der Waals surface area contributed by atoms with Crippen molar-refractivity contribution in [1.29, 1.82) is 0 Å². The molecule has 0 aliphatic carbocycles. The third-order valence-corrected chi connectivity index (χ3v) is 2.81. The minimum Gasteiger partial charge on any atom is -0.368 e. The molecular weight excluding hydrogens is 242 g/mol. The van der Waals surface area contributed by atoms with Gasteiger partial charge in [0.25, 0.3) is 0 Å². The number of nitrogens with two attached hydrogens (primary N) is 1. The van der Waals surface area contributed by atoms with Gasteiger partial charge in [0, 0.05) is 18.3 Å². The lowest BCUT2D eigenvalue weighted by atomic mass is 10.2. The van der Waals surface area contributed by atoms with E-state index in [-0.39, 0.29) is 12.0 Å². The minimum absolute atomic E-state index is 0.00190. The number of nitrogens with zero attached hydrogens (tertiary/aromatic N) is 5. The summed E-state index contributed by atoms with van der Waals surface area (Å²) in [5.74, 6) is 1.87. The number of hydrogen-bond donors (Lipinski definition) is 2. The summed E-state index contributed by atoms with van der Waals surface area (Å²) in [4.78, 5) is 12.4. The van der Waals surface area contributed by atoms with Gasteiger partial charge < -0.3 is 11.1 Å². The van der Waals surface area contributed by atoms with Crippen molar-refractivity contribution in [2.24, 2.45) is 0 Å². The van der Waals surface area contributed by atoms with Crippen LogP contribution in [-0.2, 0) is 6.54 Å². The predicted octanol–water partition coefficient (Wildman–Crippen LogP) is 1.54. The van der Waals surface area contributed by atoms with E-state index < -0.39 is 0 Å². The van der Waals surface area contributed by atoms with Crippen molar-refractivity contribution < 1.29 is 0 Å². The van der Waals surface area contributed by atoms with Gasteiger partial charge in [0.1, 0.15) is 18.0 Å². The van der Waals surface area contributed by atoms with E-state index in [0.717, 1.165) is 30.2 Å². The van der Waals surface area contributed by atoms with Crippen LogP contribution in [-0.4, -0.2) is 24.7 Å². The lowest BCUT2D eigenvalue weighted by molar-refractivity contribution is 0.553. The summed E-state index contributed by atoms with van der Waals surface area (Å²) in [6, 6.07) is 0.00190. The van der Waals surface area contributed by atoms with Crippen LogP contribution in [0, 0.1) is 6.92 Å².